The highest BCUT2D eigenvalue weighted by Crippen LogP contribution is 2.57. The molecule has 0 saturated carbocycles. The van der Waals surface area contributed by atoms with E-state index in [1.54, 1.807) is 38.5 Å². The van der Waals surface area contributed by atoms with Crippen LogP contribution in [-0.2, 0) is 26.2 Å². The van der Waals surface area contributed by atoms with Crippen molar-refractivity contribution in [1.29, 1.82) is 21.0 Å². The largest absolute Gasteiger partial charge is 0.504 e. The van der Waals surface area contributed by atoms with Crippen molar-refractivity contribution in [1.82, 2.24) is 0 Å². The fourth-order valence-corrected chi connectivity index (χ4v) is 9.14. The first kappa shape index (κ1) is 47.3. The maximum Gasteiger partial charge on any atom is 0.193 e. The number of hydrogen-bond acceptors (Lipinski definition) is 18. The van der Waals surface area contributed by atoms with Crippen LogP contribution in [-0.4, -0.2) is 62.2 Å². The monoisotopic (exact) mass is 984 g/mol. The van der Waals surface area contributed by atoms with Gasteiger partial charge in [-0.1, -0.05) is 0 Å². The lowest BCUT2D eigenvalue weighted by atomic mass is 10.00. The van der Waals surface area contributed by atoms with E-state index >= 15 is 0 Å². The standard InChI is InChI=1S/C27H22N4O6.C15H14N2O4.C8F4N2/c1-32-20-5-14-11-31-13-30(18(14)7-21(20)33-2)12-15-6-22-23(8-19(15)31)37-27-17(10-29)25(35-4)24(34-3)16(9-28)26(27)36-22;18-12-1-8-5-16-7-17(10(8)3-14(12)20)6-9-2-13(19)15(21)4-11(9)16;9-5-3(1-13)6(10)8(12)4(2-14)7(5)11/h5-8H,11-13H2,1-4H3;1-4,18-21H,5-7H2;. The second-order valence-electron chi connectivity index (χ2n) is 16.4. The Balaban J connectivity index is 0.000000153. The molecule has 5 aliphatic rings. The summed E-state index contributed by atoms with van der Waals surface area (Å²) in [5, 5.41) is 74.8. The summed E-state index contributed by atoms with van der Waals surface area (Å²) < 4.78 is 85.2. The van der Waals surface area contributed by atoms with E-state index < -0.39 is 34.4 Å². The number of halogens is 4. The summed E-state index contributed by atoms with van der Waals surface area (Å²) in [6.45, 7) is 3.77. The number of ether oxygens (including phenoxy) is 6. The molecule has 22 heteroatoms. The van der Waals surface area contributed by atoms with Crippen molar-refractivity contribution in [2.45, 2.75) is 26.2 Å². The number of nitrogens with zero attached hydrogens (tertiary/aromatic N) is 8. The fourth-order valence-electron chi connectivity index (χ4n) is 9.14. The minimum atomic E-state index is -1.86. The van der Waals surface area contributed by atoms with E-state index in [1.165, 1.54) is 14.2 Å². The molecular weight excluding hydrogens is 949 g/mol. The maximum absolute atomic E-state index is 12.7. The van der Waals surface area contributed by atoms with Crippen molar-refractivity contribution in [3.8, 4) is 93.3 Å². The van der Waals surface area contributed by atoms with Crippen LogP contribution in [0.5, 0.6) is 69.0 Å². The second-order valence-corrected chi connectivity index (χ2v) is 16.4. The third-order valence-electron chi connectivity index (χ3n) is 12.4. The summed E-state index contributed by atoms with van der Waals surface area (Å²) in [5.41, 5.74) is 5.26. The molecule has 0 radical (unpaired) electrons. The van der Waals surface area contributed by atoms with Crippen LogP contribution in [0.25, 0.3) is 0 Å². The molecular formula is C50H36F4N8O10. The molecule has 364 valence electrons. The Kier molecular flexibility index (Phi) is 12.0. The first-order valence-electron chi connectivity index (χ1n) is 21.3. The molecule has 0 spiro atoms. The third kappa shape index (κ3) is 7.64. The van der Waals surface area contributed by atoms with E-state index in [2.05, 4.69) is 31.7 Å². The number of benzene rings is 6. The Morgan fingerprint density at radius 2 is 0.750 bits per heavy atom. The van der Waals surface area contributed by atoms with E-state index in [0.717, 1.165) is 57.1 Å². The van der Waals surface area contributed by atoms with Crippen molar-refractivity contribution >= 4 is 22.7 Å². The molecule has 5 aliphatic heterocycles. The Bertz CT molecular complexity index is 3340. The summed E-state index contributed by atoms with van der Waals surface area (Å²) in [7, 11) is 6.07. The number of phenolic OH excluding ortho intramolecular Hbond substituents is 4. The van der Waals surface area contributed by atoms with Gasteiger partial charge < -0.3 is 68.4 Å². The van der Waals surface area contributed by atoms with Gasteiger partial charge in [0.1, 0.15) is 46.5 Å². The molecule has 6 aromatic carbocycles. The fraction of sp³-hybridized carbons (Fsp3) is 0.200. The van der Waals surface area contributed by atoms with Gasteiger partial charge in [-0.15, -0.1) is 0 Å². The Morgan fingerprint density at radius 3 is 1.12 bits per heavy atom. The van der Waals surface area contributed by atoms with Crippen LogP contribution in [0.4, 0.5) is 40.3 Å². The molecule has 5 heterocycles. The van der Waals surface area contributed by atoms with Crippen LogP contribution < -0.4 is 48.0 Å². The highest BCUT2D eigenvalue weighted by atomic mass is 19.2. The molecule has 4 N–H and O–H groups in total. The third-order valence-corrected chi connectivity index (χ3v) is 12.4. The smallest absolute Gasteiger partial charge is 0.193 e. The predicted molar refractivity (Wildman–Crippen MR) is 245 cm³/mol. The SMILES string of the molecule is COc1cc2c(cc1OC)N1Cc3cc4c(cc3N(C2)C1)Oc1c(C#N)c(OC)c(OC)c(C#N)c1O4.N#Cc1c(F)c(F)c(C#N)c(F)c1F.Oc1cc2c(cc1O)N1Cc3cc(O)c(O)cc3N(C2)C1. The van der Waals surface area contributed by atoms with Crippen molar-refractivity contribution in [2.24, 2.45) is 0 Å². The van der Waals surface area contributed by atoms with Gasteiger partial charge in [-0.05, 0) is 46.5 Å². The number of aromatic hydroxyl groups is 4. The summed E-state index contributed by atoms with van der Waals surface area (Å²) in [5.74, 6) is -5.21. The summed E-state index contributed by atoms with van der Waals surface area (Å²) >= 11 is 0. The molecule has 0 atom stereocenters. The molecule has 0 unspecified atom stereocenters. The summed E-state index contributed by atoms with van der Waals surface area (Å²) in [4.78, 5) is 8.61. The molecule has 0 amide bonds. The molecule has 0 aromatic heterocycles. The van der Waals surface area contributed by atoms with Gasteiger partial charge in [0.05, 0.1) is 41.8 Å². The van der Waals surface area contributed by atoms with Crippen molar-refractivity contribution in [3.05, 3.63) is 116 Å². The lowest BCUT2D eigenvalue weighted by Crippen LogP contribution is -2.46. The molecule has 6 aromatic rings. The van der Waals surface area contributed by atoms with Gasteiger partial charge in [0.2, 0.25) is 0 Å². The van der Waals surface area contributed by atoms with Gasteiger partial charge in [0, 0.05) is 73.2 Å². The molecule has 4 bridgehead atoms. The van der Waals surface area contributed by atoms with Crippen LogP contribution in [0, 0.1) is 68.6 Å². The van der Waals surface area contributed by atoms with Gasteiger partial charge in [0.15, 0.2) is 92.3 Å². The van der Waals surface area contributed by atoms with Crippen LogP contribution in [0.1, 0.15) is 44.5 Å². The first-order valence-corrected chi connectivity index (χ1v) is 21.3. The van der Waals surface area contributed by atoms with Crippen molar-refractivity contribution in [3.63, 3.8) is 0 Å². The van der Waals surface area contributed by atoms with Crippen LogP contribution in [0.2, 0.25) is 0 Å². The van der Waals surface area contributed by atoms with E-state index in [0.29, 0.717) is 62.5 Å². The zero-order chi connectivity index (χ0) is 51.4. The number of nitriles is 4. The lowest BCUT2D eigenvalue weighted by Gasteiger charge is -2.45. The highest BCUT2D eigenvalue weighted by Gasteiger charge is 2.37. The molecule has 11 rings (SSSR count). The number of hydrogen-bond donors (Lipinski definition) is 4. The average molecular weight is 985 g/mol. The minimum Gasteiger partial charge on any atom is -0.504 e. The van der Waals surface area contributed by atoms with E-state index in [-0.39, 0.29) is 57.1 Å². The highest BCUT2D eigenvalue weighted by molar-refractivity contribution is 5.79. The number of anilines is 4. The van der Waals surface area contributed by atoms with Crippen LogP contribution >= 0.6 is 0 Å². The average Bonchev–Trinajstić information content (AvgIpc) is 3.38. The van der Waals surface area contributed by atoms with E-state index in [1.807, 2.05) is 24.3 Å². The number of rotatable bonds is 4. The van der Waals surface area contributed by atoms with Crippen molar-refractivity contribution in [2.75, 3.05) is 61.4 Å². The number of fused-ring (bicyclic) bond motifs is 14. The molecule has 0 saturated heterocycles. The van der Waals surface area contributed by atoms with Crippen LogP contribution in [0.3, 0.4) is 0 Å². The van der Waals surface area contributed by atoms with E-state index in [4.69, 9.17) is 38.9 Å². The molecule has 0 fully saturated rings. The van der Waals surface area contributed by atoms with Gasteiger partial charge >= 0.3 is 0 Å². The summed E-state index contributed by atoms with van der Waals surface area (Å²) in [6.07, 6.45) is 0. The van der Waals surface area contributed by atoms with Gasteiger partial charge in [-0.25, -0.2) is 17.6 Å². The van der Waals surface area contributed by atoms with Gasteiger partial charge in [-0.3, -0.25) is 0 Å². The second kappa shape index (κ2) is 18.3. The van der Waals surface area contributed by atoms with Crippen LogP contribution in [0.15, 0.2) is 48.5 Å². The minimum absolute atomic E-state index is 0.0934. The quantitative estimate of drug-likeness (QED) is 0.0734. The van der Waals surface area contributed by atoms with Gasteiger partial charge in [0.25, 0.3) is 0 Å². The molecule has 0 aliphatic carbocycles. The Morgan fingerprint density at radius 1 is 0.431 bits per heavy atom. The normalized spacial score (nSPS) is 13.5. The Hall–Kier alpha value is -9.80. The lowest BCUT2D eigenvalue weighted by molar-refractivity contribution is 0.328. The zero-order valence-corrected chi connectivity index (χ0v) is 38.2. The van der Waals surface area contributed by atoms with Crippen molar-refractivity contribution < 1.29 is 66.4 Å². The molecule has 72 heavy (non-hydrogen) atoms. The number of methoxy groups -OCH3 is 4. The van der Waals surface area contributed by atoms with E-state index in [9.17, 15) is 48.5 Å². The molecule has 18 nitrogen and oxygen atoms in total. The van der Waals surface area contributed by atoms with Gasteiger partial charge in [-0.2, -0.15) is 21.0 Å². The maximum atomic E-state index is 12.7. The first-order chi connectivity index (χ1) is 34.6. The topological polar surface area (TPSA) is 244 Å². The Labute approximate surface area is 406 Å². The predicted octanol–water partition coefficient (Wildman–Crippen LogP) is 8.45. The summed E-state index contributed by atoms with van der Waals surface area (Å²) in [6, 6.07) is 20.2. The number of phenols is 4. The zero-order valence-electron chi connectivity index (χ0n) is 38.2.